The van der Waals surface area contributed by atoms with E-state index in [9.17, 15) is 9.59 Å². The molecule has 7 nitrogen and oxygen atoms in total. The van der Waals surface area contributed by atoms with Crippen molar-refractivity contribution in [1.82, 2.24) is 20.8 Å². The van der Waals surface area contributed by atoms with Gasteiger partial charge in [0.2, 0.25) is 5.91 Å². The van der Waals surface area contributed by atoms with E-state index in [1.807, 2.05) is 0 Å². The average Bonchev–Trinajstić information content (AvgIpc) is 3.00. The molecule has 126 valence electrons. The fourth-order valence-corrected chi connectivity index (χ4v) is 2.78. The molecule has 1 aromatic carbocycles. The van der Waals surface area contributed by atoms with Gasteiger partial charge in [0.05, 0.1) is 17.3 Å². The second-order valence-corrected chi connectivity index (χ2v) is 6.15. The summed E-state index contributed by atoms with van der Waals surface area (Å²) in [5.74, 6) is -0.807. The molecule has 0 aliphatic carbocycles. The Morgan fingerprint density at radius 3 is 2.96 bits per heavy atom. The maximum atomic E-state index is 12.2. The van der Waals surface area contributed by atoms with Crippen LogP contribution in [0.1, 0.15) is 21.7 Å². The fraction of sp³-hybridized carbons (Fsp3) is 0.267. The molecular formula is C15H15Cl2N5O2. The maximum absolute atomic E-state index is 12.2. The van der Waals surface area contributed by atoms with Gasteiger partial charge in [-0.05, 0) is 18.2 Å². The van der Waals surface area contributed by atoms with Crippen LogP contribution in [0.25, 0.3) is 0 Å². The molecular weight excluding hydrogens is 353 g/mol. The Bertz CT molecular complexity index is 790. The van der Waals surface area contributed by atoms with Crippen LogP contribution in [0.5, 0.6) is 0 Å². The highest BCUT2D eigenvalue weighted by Gasteiger charge is 2.21. The lowest BCUT2D eigenvalue weighted by atomic mass is 10.1. The molecule has 0 radical (unpaired) electrons. The summed E-state index contributed by atoms with van der Waals surface area (Å²) in [4.78, 5) is 24.2. The summed E-state index contributed by atoms with van der Waals surface area (Å²) in [6.07, 6.45) is 0.795. The van der Waals surface area contributed by atoms with Gasteiger partial charge < -0.3 is 16.0 Å². The summed E-state index contributed by atoms with van der Waals surface area (Å²) < 4.78 is 0. The molecule has 2 amide bonds. The van der Waals surface area contributed by atoms with Crippen molar-refractivity contribution in [2.45, 2.75) is 13.0 Å². The summed E-state index contributed by atoms with van der Waals surface area (Å²) in [5, 5.41) is 16.1. The summed E-state index contributed by atoms with van der Waals surface area (Å²) in [7, 11) is 0. The predicted molar refractivity (Wildman–Crippen MR) is 91.4 cm³/mol. The zero-order valence-electron chi connectivity index (χ0n) is 12.6. The van der Waals surface area contributed by atoms with Gasteiger partial charge in [-0.25, -0.2) is 0 Å². The Morgan fingerprint density at radius 1 is 1.29 bits per heavy atom. The van der Waals surface area contributed by atoms with E-state index in [0.717, 1.165) is 24.2 Å². The quantitative estimate of drug-likeness (QED) is 0.661. The van der Waals surface area contributed by atoms with Crippen LogP contribution in [0.3, 0.4) is 0 Å². The number of benzene rings is 1. The number of H-pyrrole nitrogens is 1. The normalized spacial score (nSPS) is 13.2. The van der Waals surface area contributed by atoms with E-state index in [0.29, 0.717) is 28.0 Å². The van der Waals surface area contributed by atoms with Crippen molar-refractivity contribution in [2.75, 3.05) is 18.4 Å². The van der Waals surface area contributed by atoms with Gasteiger partial charge in [0.25, 0.3) is 5.91 Å². The first-order chi connectivity index (χ1) is 11.5. The number of nitrogens with one attached hydrogen (secondary N) is 4. The van der Waals surface area contributed by atoms with E-state index in [-0.39, 0.29) is 6.54 Å². The molecule has 1 aromatic heterocycles. The highest BCUT2D eigenvalue weighted by atomic mass is 35.5. The Morgan fingerprint density at radius 2 is 2.12 bits per heavy atom. The minimum Gasteiger partial charge on any atom is -0.342 e. The molecule has 9 heteroatoms. The molecule has 1 aliphatic heterocycles. The number of carbonyl (C=O) groups excluding carboxylic acids is 2. The first-order valence-corrected chi connectivity index (χ1v) is 8.10. The number of carbonyl (C=O) groups is 2. The highest BCUT2D eigenvalue weighted by Crippen LogP contribution is 2.25. The smallest absolute Gasteiger partial charge is 0.272 e. The monoisotopic (exact) mass is 367 g/mol. The number of hydrogen-bond donors (Lipinski definition) is 4. The average molecular weight is 368 g/mol. The minimum atomic E-state index is -0.407. The van der Waals surface area contributed by atoms with Crippen molar-refractivity contribution in [3.05, 3.63) is 45.2 Å². The standard InChI is InChI=1S/C15H15Cl2N5O2/c16-8-1-2-10(17)12(5-8)20-13(23)7-19-15(24)14-9-6-18-4-3-11(9)21-22-14/h1-2,5,18H,3-4,6-7H2,(H,19,24)(H,20,23)(H,21,22). The molecule has 3 rings (SSSR count). The number of aromatic amines is 1. The SMILES string of the molecule is O=C(CNC(=O)c1n[nH]c2c1CNCC2)Nc1cc(Cl)ccc1Cl. The summed E-state index contributed by atoms with van der Waals surface area (Å²) in [6.45, 7) is 1.23. The number of amides is 2. The van der Waals surface area contributed by atoms with E-state index in [2.05, 4.69) is 26.1 Å². The summed E-state index contributed by atoms with van der Waals surface area (Å²) >= 11 is 11.8. The van der Waals surface area contributed by atoms with Gasteiger partial charge in [-0.15, -0.1) is 0 Å². The maximum Gasteiger partial charge on any atom is 0.272 e. The number of aromatic nitrogens is 2. The predicted octanol–water partition coefficient (Wildman–Crippen LogP) is 1.73. The van der Waals surface area contributed by atoms with Crippen LogP contribution in [0.4, 0.5) is 5.69 Å². The van der Waals surface area contributed by atoms with Gasteiger partial charge in [0.15, 0.2) is 5.69 Å². The van der Waals surface area contributed by atoms with Gasteiger partial charge in [-0.2, -0.15) is 5.10 Å². The largest absolute Gasteiger partial charge is 0.342 e. The van der Waals surface area contributed by atoms with Crippen molar-refractivity contribution >= 4 is 40.7 Å². The van der Waals surface area contributed by atoms with Crippen LogP contribution < -0.4 is 16.0 Å². The van der Waals surface area contributed by atoms with Crippen LogP contribution in [0.15, 0.2) is 18.2 Å². The third-order valence-electron chi connectivity index (χ3n) is 3.63. The number of halogens is 2. The molecule has 0 unspecified atom stereocenters. The van der Waals surface area contributed by atoms with Crippen LogP contribution in [0, 0.1) is 0 Å². The number of nitrogens with zero attached hydrogens (tertiary/aromatic N) is 1. The lowest BCUT2D eigenvalue weighted by molar-refractivity contribution is -0.115. The molecule has 2 aromatic rings. The van der Waals surface area contributed by atoms with E-state index in [4.69, 9.17) is 23.2 Å². The van der Waals surface area contributed by atoms with Crippen molar-refractivity contribution in [1.29, 1.82) is 0 Å². The van der Waals surface area contributed by atoms with E-state index in [1.54, 1.807) is 18.2 Å². The van der Waals surface area contributed by atoms with E-state index in [1.165, 1.54) is 0 Å². The third-order valence-corrected chi connectivity index (χ3v) is 4.20. The zero-order valence-corrected chi connectivity index (χ0v) is 14.1. The number of anilines is 1. The zero-order chi connectivity index (χ0) is 17.1. The van der Waals surface area contributed by atoms with Gasteiger partial charge in [-0.3, -0.25) is 14.7 Å². The second kappa shape index (κ2) is 7.21. The van der Waals surface area contributed by atoms with Crippen molar-refractivity contribution < 1.29 is 9.59 Å². The van der Waals surface area contributed by atoms with E-state index < -0.39 is 11.8 Å². The van der Waals surface area contributed by atoms with Crippen molar-refractivity contribution in [2.24, 2.45) is 0 Å². The molecule has 0 fully saturated rings. The first-order valence-electron chi connectivity index (χ1n) is 7.34. The molecule has 4 N–H and O–H groups in total. The Balaban J connectivity index is 1.59. The highest BCUT2D eigenvalue weighted by molar-refractivity contribution is 6.35. The molecule has 0 spiro atoms. The van der Waals surface area contributed by atoms with Crippen molar-refractivity contribution in [3.8, 4) is 0 Å². The molecule has 1 aliphatic rings. The number of fused-ring (bicyclic) bond motifs is 1. The number of hydrogen-bond acceptors (Lipinski definition) is 4. The molecule has 24 heavy (non-hydrogen) atoms. The van der Waals surface area contributed by atoms with Crippen LogP contribution in [0.2, 0.25) is 10.0 Å². The molecule has 0 saturated heterocycles. The second-order valence-electron chi connectivity index (χ2n) is 5.31. The van der Waals surface area contributed by atoms with Gasteiger partial charge in [-0.1, -0.05) is 23.2 Å². The van der Waals surface area contributed by atoms with Gasteiger partial charge in [0, 0.05) is 35.8 Å². The third kappa shape index (κ3) is 3.69. The lowest BCUT2D eigenvalue weighted by Gasteiger charge is -2.13. The van der Waals surface area contributed by atoms with Crippen LogP contribution >= 0.6 is 23.2 Å². The number of rotatable bonds is 4. The first kappa shape index (κ1) is 16.8. The van der Waals surface area contributed by atoms with Crippen LogP contribution in [-0.2, 0) is 17.8 Å². The fourth-order valence-electron chi connectivity index (χ4n) is 2.45. The Kier molecular flexibility index (Phi) is 5.03. The van der Waals surface area contributed by atoms with Crippen molar-refractivity contribution in [3.63, 3.8) is 0 Å². The minimum absolute atomic E-state index is 0.198. The summed E-state index contributed by atoms with van der Waals surface area (Å²) in [5.41, 5.74) is 2.50. The van der Waals surface area contributed by atoms with Gasteiger partial charge >= 0.3 is 0 Å². The Labute approximate surface area is 148 Å². The molecule has 2 heterocycles. The Hall–Kier alpha value is -2.09. The lowest BCUT2D eigenvalue weighted by Crippen LogP contribution is -2.34. The van der Waals surface area contributed by atoms with Crippen LogP contribution in [-0.4, -0.2) is 35.1 Å². The summed E-state index contributed by atoms with van der Waals surface area (Å²) in [6, 6.07) is 4.75. The molecule has 0 atom stereocenters. The molecule has 0 bridgehead atoms. The van der Waals surface area contributed by atoms with Gasteiger partial charge in [0.1, 0.15) is 0 Å². The van der Waals surface area contributed by atoms with E-state index >= 15 is 0 Å². The topological polar surface area (TPSA) is 98.9 Å². The molecule has 0 saturated carbocycles.